The van der Waals surface area contributed by atoms with Gasteiger partial charge in [-0.25, -0.2) is 4.98 Å². The molecule has 1 aliphatic rings. The molecule has 0 radical (unpaired) electrons. The first-order valence-corrected chi connectivity index (χ1v) is 8.13. The van der Waals surface area contributed by atoms with Crippen molar-refractivity contribution in [2.75, 3.05) is 6.54 Å². The number of nitrogens with one attached hydrogen (secondary N) is 2. The van der Waals surface area contributed by atoms with E-state index in [0.717, 1.165) is 29.5 Å². The van der Waals surface area contributed by atoms with Crippen molar-refractivity contribution in [3.63, 3.8) is 0 Å². The van der Waals surface area contributed by atoms with E-state index < -0.39 is 0 Å². The molecule has 0 aromatic carbocycles. The summed E-state index contributed by atoms with van der Waals surface area (Å²) in [5, 5.41) is 3.95. The van der Waals surface area contributed by atoms with Crippen molar-refractivity contribution in [3.05, 3.63) is 26.6 Å². The molecule has 0 saturated carbocycles. The Kier molecular flexibility index (Phi) is 3.83. The molecule has 21 heavy (non-hydrogen) atoms. The van der Waals surface area contributed by atoms with Gasteiger partial charge in [0.2, 0.25) is 0 Å². The Bertz CT molecular complexity index is 768. The van der Waals surface area contributed by atoms with Crippen LogP contribution in [0.25, 0.3) is 10.2 Å². The first-order chi connectivity index (χ1) is 10.1. The van der Waals surface area contributed by atoms with E-state index >= 15 is 0 Å². The topological polar surface area (TPSA) is 57.8 Å². The maximum absolute atomic E-state index is 12.4. The molecule has 3 rings (SSSR count). The summed E-state index contributed by atoms with van der Waals surface area (Å²) in [4.78, 5) is 22.2. The Morgan fingerprint density at radius 1 is 1.62 bits per heavy atom. The molecule has 110 valence electrons. The molecule has 1 aliphatic carbocycles. The van der Waals surface area contributed by atoms with Crippen LogP contribution in [0.15, 0.2) is 4.79 Å². The highest BCUT2D eigenvalue weighted by Crippen LogP contribution is 2.35. The lowest BCUT2D eigenvalue weighted by molar-refractivity contribution is 0.509. The predicted octanol–water partition coefficient (Wildman–Crippen LogP) is 2.39. The van der Waals surface area contributed by atoms with E-state index in [0.29, 0.717) is 18.3 Å². The van der Waals surface area contributed by atoms with Gasteiger partial charge in [0, 0.05) is 4.88 Å². The lowest BCUT2D eigenvalue weighted by atomic mass is 9.89. The predicted molar refractivity (Wildman–Crippen MR) is 86.7 cm³/mol. The molecule has 0 unspecified atom stereocenters. The molecule has 2 aromatic rings. The summed E-state index contributed by atoms with van der Waals surface area (Å²) >= 11 is 1.67. The summed E-state index contributed by atoms with van der Waals surface area (Å²) in [5.74, 6) is 3.89. The maximum Gasteiger partial charge on any atom is 0.259 e. The molecule has 0 aliphatic heterocycles. The van der Waals surface area contributed by atoms with Gasteiger partial charge in [0.05, 0.1) is 18.0 Å². The van der Waals surface area contributed by atoms with Crippen LogP contribution >= 0.6 is 11.3 Å². The van der Waals surface area contributed by atoms with Gasteiger partial charge in [0.15, 0.2) is 0 Å². The van der Waals surface area contributed by atoms with Crippen molar-refractivity contribution in [2.45, 2.75) is 39.2 Å². The zero-order chi connectivity index (χ0) is 15.0. The highest BCUT2D eigenvalue weighted by atomic mass is 32.1. The summed E-state index contributed by atoms with van der Waals surface area (Å²) in [6.45, 7) is 4.68. The zero-order valence-electron chi connectivity index (χ0n) is 12.3. The molecular formula is C16H19N3OS. The number of thiophene rings is 1. The molecule has 2 N–H and O–H groups in total. The van der Waals surface area contributed by atoms with Crippen molar-refractivity contribution in [1.29, 1.82) is 0 Å². The fourth-order valence-corrected chi connectivity index (χ4v) is 4.27. The average molecular weight is 301 g/mol. The zero-order valence-corrected chi connectivity index (χ0v) is 13.1. The van der Waals surface area contributed by atoms with Crippen LogP contribution in [0.1, 0.15) is 42.6 Å². The molecule has 0 bridgehead atoms. The average Bonchev–Trinajstić information content (AvgIpc) is 2.82. The third-order valence-electron chi connectivity index (χ3n) is 4.10. The van der Waals surface area contributed by atoms with Gasteiger partial charge in [0.25, 0.3) is 5.56 Å². The van der Waals surface area contributed by atoms with E-state index in [1.807, 2.05) is 6.92 Å². The standard InChI is InChI=1S/C16H19N3OS/c1-4-7-17-10(3)14-18-15(20)13-11-6-5-9(2)8-12(11)21-16(13)19-14/h1,9-10,17H,5-8H2,2-3H3,(H,18,19,20)/t9-,10+/m1/s1. The summed E-state index contributed by atoms with van der Waals surface area (Å²) < 4.78 is 0. The van der Waals surface area contributed by atoms with E-state index in [1.165, 1.54) is 10.4 Å². The Balaban J connectivity index is 2.05. The van der Waals surface area contributed by atoms with Crippen LogP contribution in [-0.2, 0) is 12.8 Å². The van der Waals surface area contributed by atoms with Crippen LogP contribution in [0.5, 0.6) is 0 Å². The number of nitrogens with zero attached hydrogens (tertiary/aromatic N) is 1. The van der Waals surface area contributed by atoms with Crippen molar-refractivity contribution >= 4 is 21.6 Å². The Labute approximate surface area is 128 Å². The van der Waals surface area contributed by atoms with Gasteiger partial charge in [-0.15, -0.1) is 17.8 Å². The van der Waals surface area contributed by atoms with E-state index in [1.54, 1.807) is 11.3 Å². The summed E-state index contributed by atoms with van der Waals surface area (Å²) in [6.07, 6.45) is 8.46. The molecule has 2 heterocycles. The van der Waals surface area contributed by atoms with Gasteiger partial charge < -0.3 is 4.98 Å². The lowest BCUT2D eigenvalue weighted by Gasteiger charge is -2.17. The first-order valence-electron chi connectivity index (χ1n) is 7.31. The van der Waals surface area contributed by atoms with Crippen molar-refractivity contribution in [3.8, 4) is 12.3 Å². The molecule has 0 fully saturated rings. The maximum atomic E-state index is 12.4. The number of fused-ring (bicyclic) bond motifs is 3. The molecule has 0 amide bonds. The molecule has 0 spiro atoms. The largest absolute Gasteiger partial charge is 0.309 e. The van der Waals surface area contributed by atoms with Crippen LogP contribution in [0.2, 0.25) is 0 Å². The molecule has 4 nitrogen and oxygen atoms in total. The number of rotatable bonds is 3. The Hall–Kier alpha value is -1.64. The van der Waals surface area contributed by atoms with Crippen LogP contribution in [0.3, 0.4) is 0 Å². The van der Waals surface area contributed by atoms with Crippen LogP contribution in [0.4, 0.5) is 0 Å². The second-order valence-electron chi connectivity index (χ2n) is 5.79. The molecule has 2 aromatic heterocycles. The van der Waals surface area contributed by atoms with Gasteiger partial charge in [-0.1, -0.05) is 12.8 Å². The van der Waals surface area contributed by atoms with E-state index in [2.05, 4.69) is 28.1 Å². The van der Waals surface area contributed by atoms with E-state index in [9.17, 15) is 4.79 Å². The number of hydrogen-bond acceptors (Lipinski definition) is 4. The van der Waals surface area contributed by atoms with E-state index in [4.69, 9.17) is 6.42 Å². The van der Waals surface area contributed by atoms with Crippen LogP contribution in [-0.4, -0.2) is 16.5 Å². The van der Waals surface area contributed by atoms with E-state index in [-0.39, 0.29) is 11.6 Å². The normalized spacial score (nSPS) is 19.2. The molecule has 2 atom stereocenters. The smallest absolute Gasteiger partial charge is 0.259 e. The van der Waals surface area contributed by atoms with Crippen LogP contribution < -0.4 is 10.9 Å². The summed E-state index contributed by atoms with van der Waals surface area (Å²) in [6, 6.07) is -0.0591. The van der Waals surface area contributed by atoms with Gasteiger partial charge in [0.1, 0.15) is 10.7 Å². The van der Waals surface area contributed by atoms with Crippen molar-refractivity contribution < 1.29 is 0 Å². The SMILES string of the molecule is C#CCN[C@@H](C)c1nc2sc3c(c2c(=O)[nH]1)CC[C@@H](C)C3. The first kappa shape index (κ1) is 14.3. The highest BCUT2D eigenvalue weighted by Gasteiger charge is 2.23. The van der Waals surface area contributed by atoms with Gasteiger partial charge in [-0.05, 0) is 37.7 Å². The molecule has 0 saturated heterocycles. The summed E-state index contributed by atoms with van der Waals surface area (Å²) in [7, 11) is 0. The Morgan fingerprint density at radius 3 is 3.19 bits per heavy atom. The lowest BCUT2D eigenvalue weighted by Crippen LogP contribution is -2.24. The van der Waals surface area contributed by atoms with Crippen molar-refractivity contribution in [2.24, 2.45) is 5.92 Å². The number of hydrogen-bond donors (Lipinski definition) is 2. The third-order valence-corrected chi connectivity index (χ3v) is 5.25. The second-order valence-corrected chi connectivity index (χ2v) is 6.87. The highest BCUT2D eigenvalue weighted by molar-refractivity contribution is 7.18. The van der Waals surface area contributed by atoms with Gasteiger partial charge in [-0.3, -0.25) is 10.1 Å². The third kappa shape index (κ3) is 2.61. The quantitative estimate of drug-likeness (QED) is 0.856. The molecule has 5 heteroatoms. The summed E-state index contributed by atoms with van der Waals surface area (Å²) in [5.41, 5.74) is 1.20. The fraction of sp³-hybridized carbons (Fsp3) is 0.500. The monoisotopic (exact) mass is 301 g/mol. The Morgan fingerprint density at radius 2 is 2.43 bits per heavy atom. The van der Waals surface area contributed by atoms with Crippen molar-refractivity contribution in [1.82, 2.24) is 15.3 Å². The fourth-order valence-electron chi connectivity index (χ4n) is 2.88. The number of aromatic amines is 1. The number of aryl methyl sites for hydroxylation is 1. The molecular weight excluding hydrogens is 282 g/mol. The number of aromatic nitrogens is 2. The minimum Gasteiger partial charge on any atom is -0.309 e. The number of terminal acetylenes is 1. The van der Waals surface area contributed by atoms with Gasteiger partial charge in [-0.2, -0.15) is 0 Å². The second kappa shape index (κ2) is 5.63. The minimum atomic E-state index is -0.0591. The van der Waals surface area contributed by atoms with Crippen LogP contribution in [0, 0.1) is 18.3 Å². The minimum absolute atomic E-state index is 0.0172. The number of H-pyrrole nitrogens is 1. The van der Waals surface area contributed by atoms with Gasteiger partial charge >= 0.3 is 0 Å².